The van der Waals surface area contributed by atoms with Gasteiger partial charge in [-0.2, -0.15) is 0 Å². The quantitative estimate of drug-likeness (QED) is 0.326. The summed E-state index contributed by atoms with van der Waals surface area (Å²) in [7, 11) is 1.38. The molecule has 1 aliphatic carbocycles. The summed E-state index contributed by atoms with van der Waals surface area (Å²) in [5.74, 6) is -0.278. The zero-order chi connectivity index (χ0) is 30.3. The van der Waals surface area contributed by atoms with Crippen molar-refractivity contribution in [2.75, 3.05) is 26.9 Å². The van der Waals surface area contributed by atoms with Crippen LogP contribution >= 0.6 is 0 Å². The van der Waals surface area contributed by atoms with Crippen LogP contribution in [0.1, 0.15) is 96.3 Å². The van der Waals surface area contributed by atoms with E-state index in [4.69, 9.17) is 14.0 Å². The minimum absolute atomic E-state index is 0.0231. The maximum absolute atomic E-state index is 12.6. The zero-order valence-electron chi connectivity index (χ0n) is 25.6. The molecule has 0 radical (unpaired) electrons. The fraction of sp³-hybridized carbons (Fsp3) is 0.759. The van der Waals surface area contributed by atoms with Crippen LogP contribution in [-0.2, 0) is 23.9 Å². The van der Waals surface area contributed by atoms with E-state index in [-0.39, 0.29) is 30.5 Å². The molecule has 228 valence electrons. The lowest BCUT2D eigenvalue weighted by atomic mass is 9.91. The number of ether oxygens (including phenoxy) is 2. The van der Waals surface area contributed by atoms with Gasteiger partial charge in [-0.05, 0) is 32.1 Å². The van der Waals surface area contributed by atoms with Crippen LogP contribution in [0, 0.1) is 18.8 Å². The van der Waals surface area contributed by atoms with E-state index in [9.17, 15) is 19.2 Å². The Morgan fingerprint density at radius 3 is 2.17 bits per heavy atom. The highest BCUT2D eigenvalue weighted by Gasteiger charge is 2.50. The first-order valence-electron chi connectivity index (χ1n) is 14.4. The standard InChI is InChI=1S/C20H30N4O7.C7H14.C2H6/c1-11(2)6-13(17(26)20(4)10-30-20)22-16(25)8-21-18(27)15(9-29-5)23-19(28)14-7-12(3)31-24-14;1-7-5-3-2-4-6-7;1-2/h7,11,13,15H,6,8-10H2,1-5H3,(H,21,27)(H,22,25)(H,23,28);7H,2-6H2,1H3;1-2H3/t13-,15-,20+;;/m0../s1. The van der Waals surface area contributed by atoms with E-state index in [0.29, 0.717) is 18.8 Å². The molecule has 40 heavy (non-hydrogen) atoms. The van der Waals surface area contributed by atoms with Gasteiger partial charge < -0.3 is 29.9 Å². The van der Waals surface area contributed by atoms with Crippen molar-refractivity contribution in [2.45, 2.75) is 105 Å². The normalized spacial score (nSPS) is 19.6. The Kier molecular flexibility index (Phi) is 15.7. The Balaban J connectivity index is 0.000000759. The molecule has 0 aromatic carbocycles. The van der Waals surface area contributed by atoms with Crippen LogP contribution in [0.15, 0.2) is 10.6 Å². The van der Waals surface area contributed by atoms with Crippen LogP contribution in [-0.4, -0.2) is 73.2 Å². The molecule has 0 spiro atoms. The van der Waals surface area contributed by atoms with Crippen LogP contribution in [0.2, 0.25) is 0 Å². The summed E-state index contributed by atoms with van der Waals surface area (Å²) >= 11 is 0. The van der Waals surface area contributed by atoms with Gasteiger partial charge in [-0.1, -0.05) is 71.9 Å². The number of aromatic nitrogens is 1. The lowest BCUT2D eigenvalue weighted by molar-refractivity contribution is -0.131. The molecule has 2 aliphatic rings. The molecule has 2 heterocycles. The van der Waals surface area contributed by atoms with E-state index >= 15 is 0 Å². The minimum atomic E-state index is -1.05. The summed E-state index contributed by atoms with van der Waals surface area (Å²) in [6.07, 6.45) is 7.89. The van der Waals surface area contributed by atoms with Gasteiger partial charge in [0.05, 0.1) is 25.8 Å². The molecular weight excluding hydrogens is 516 g/mol. The second-order valence-electron chi connectivity index (χ2n) is 10.9. The predicted octanol–water partition coefficient (Wildman–Crippen LogP) is 3.35. The van der Waals surface area contributed by atoms with Gasteiger partial charge >= 0.3 is 0 Å². The highest BCUT2D eigenvalue weighted by atomic mass is 16.6. The number of hydrogen-bond donors (Lipinski definition) is 3. The molecule has 1 aromatic rings. The SMILES string of the molecule is CC.CC1CCCCC1.COC[C@H](NC(=O)c1cc(C)on1)C(=O)NCC(=O)N[C@@H](CC(C)C)C(=O)[C@@]1(C)CO1. The number of ketones is 1. The Hall–Kier alpha value is -2.79. The number of carbonyl (C=O) groups excluding carboxylic acids is 4. The summed E-state index contributed by atoms with van der Waals surface area (Å²) < 4.78 is 15.0. The Morgan fingerprint density at radius 2 is 1.73 bits per heavy atom. The van der Waals surface area contributed by atoms with Crippen molar-refractivity contribution in [2.24, 2.45) is 11.8 Å². The Bertz CT molecular complexity index is 937. The van der Waals surface area contributed by atoms with Crippen LogP contribution < -0.4 is 16.0 Å². The molecule has 0 unspecified atom stereocenters. The number of nitrogens with one attached hydrogen (secondary N) is 3. The molecule has 1 aromatic heterocycles. The van der Waals surface area contributed by atoms with Gasteiger partial charge in [-0.3, -0.25) is 19.2 Å². The molecule has 1 saturated carbocycles. The molecule has 1 saturated heterocycles. The topological polar surface area (TPSA) is 152 Å². The molecule has 0 bridgehead atoms. The molecular formula is C29H50N4O7. The zero-order valence-corrected chi connectivity index (χ0v) is 25.6. The minimum Gasteiger partial charge on any atom is -0.382 e. The van der Waals surface area contributed by atoms with Gasteiger partial charge in [-0.25, -0.2) is 0 Å². The smallest absolute Gasteiger partial charge is 0.274 e. The van der Waals surface area contributed by atoms with Crippen molar-refractivity contribution in [3.63, 3.8) is 0 Å². The van der Waals surface area contributed by atoms with E-state index in [1.807, 2.05) is 27.7 Å². The summed E-state index contributed by atoms with van der Waals surface area (Å²) in [4.78, 5) is 49.6. The average Bonchev–Trinajstić information content (AvgIpc) is 3.53. The maximum Gasteiger partial charge on any atom is 0.274 e. The fourth-order valence-electron chi connectivity index (χ4n) is 4.22. The molecule has 3 amide bonds. The van der Waals surface area contributed by atoms with Crippen molar-refractivity contribution >= 4 is 23.5 Å². The number of carbonyl (C=O) groups is 4. The van der Waals surface area contributed by atoms with Gasteiger partial charge in [0.1, 0.15) is 17.4 Å². The number of hydrogen-bond acceptors (Lipinski definition) is 8. The van der Waals surface area contributed by atoms with Gasteiger partial charge in [-0.15, -0.1) is 0 Å². The maximum atomic E-state index is 12.6. The van der Waals surface area contributed by atoms with E-state index in [1.165, 1.54) is 45.3 Å². The van der Waals surface area contributed by atoms with Crippen LogP contribution in [0.4, 0.5) is 0 Å². The second-order valence-corrected chi connectivity index (χ2v) is 10.9. The van der Waals surface area contributed by atoms with Gasteiger partial charge in [0, 0.05) is 13.2 Å². The van der Waals surface area contributed by atoms with Gasteiger partial charge in [0.25, 0.3) is 5.91 Å². The molecule has 11 heteroatoms. The van der Waals surface area contributed by atoms with Crippen molar-refractivity contribution < 1.29 is 33.2 Å². The first kappa shape index (κ1) is 35.2. The van der Waals surface area contributed by atoms with Crippen LogP contribution in [0.3, 0.4) is 0 Å². The third kappa shape index (κ3) is 12.6. The Labute approximate surface area is 238 Å². The van der Waals surface area contributed by atoms with E-state index in [0.717, 1.165) is 5.92 Å². The monoisotopic (exact) mass is 566 g/mol. The first-order valence-corrected chi connectivity index (χ1v) is 14.4. The molecule has 2 fully saturated rings. The van der Waals surface area contributed by atoms with Gasteiger partial charge in [0.15, 0.2) is 11.5 Å². The number of aryl methyl sites for hydroxylation is 1. The molecule has 11 nitrogen and oxygen atoms in total. The van der Waals surface area contributed by atoms with E-state index in [2.05, 4.69) is 28.0 Å². The highest BCUT2D eigenvalue weighted by molar-refractivity contribution is 5.98. The number of amides is 3. The lowest BCUT2D eigenvalue weighted by Gasteiger charge is -2.22. The van der Waals surface area contributed by atoms with Crippen LogP contribution in [0.25, 0.3) is 0 Å². The summed E-state index contributed by atoms with van der Waals surface area (Å²) in [5.41, 5.74) is -0.835. The van der Waals surface area contributed by atoms with Gasteiger partial charge in [0.2, 0.25) is 11.8 Å². The summed E-state index contributed by atoms with van der Waals surface area (Å²) in [6, 6.07) is -0.323. The largest absolute Gasteiger partial charge is 0.382 e. The molecule has 3 N–H and O–H groups in total. The summed E-state index contributed by atoms with van der Waals surface area (Å²) in [5, 5.41) is 11.2. The average molecular weight is 567 g/mol. The Morgan fingerprint density at radius 1 is 1.10 bits per heavy atom. The third-order valence-corrected chi connectivity index (χ3v) is 6.59. The second kappa shape index (κ2) is 17.8. The fourth-order valence-corrected chi connectivity index (χ4v) is 4.22. The predicted molar refractivity (Wildman–Crippen MR) is 152 cm³/mol. The van der Waals surface area contributed by atoms with Crippen LogP contribution in [0.5, 0.6) is 0 Å². The molecule has 3 atom stereocenters. The number of nitrogens with zero attached hydrogens (tertiary/aromatic N) is 1. The van der Waals surface area contributed by atoms with Crippen molar-refractivity contribution in [1.29, 1.82) is 0 Å². The third-order valence-electron chi connectivity index (χ3n) is 6.59. The first-order chi connectivity index (χ1) is 18.9. The number of epoxide rings is 1. The number of rotatable bonds is 12. The molecule has 1 aliphatic heterocycles. The van der Waals surface area contributed by atoms with E-state index < -0.39 is 35.4 Å². The number of methoxy groups -OCH3 is 1. The number of Topliss-reactive ketones (excluding diaryl/α,β-unsaturated/α-hetero) is 1. The van der Waals surface area contributed by atoms with Crippen molar-refractivity contribution in [3.8, 4) is 0 Å². The lowest BCUT2D eigenvalue weighted by Crippen LogP contribution is -2.53. The van der Waals surface area contributed by atoms with E-state index in [1.54, 1.807) is 13.8 Å². The van der Waals surface area contributed by atoms with Crippen molar-refractivity contribution in [1.82, 2.24) is 21.1 Å². The summed E-state index contributed by atoms with van der Waals surface area (Å²) in [6.45, 7) is 13.4. The highest BCUT2D eigenvalue weighted by Crippen LogP contribution is 2.29. The molecule has 3 rings (SSSR count). The van der Waals surface area contributed by atoms with Crippen molar-refractivity contribution in [3.05, 3.63) is 17.5 Å².